The van der Waals surface area contributed by atoms with Crippen molar-refractivity contribution in [3.05, 3.63) is 28.3 Å². The molecule has 0 saturated heterocycles. The number of aliphatic hydroxyl groups is 1. The second-order valence-corrected chi connectivity index (χ2v) is 7.28. The number of non-ortho nitro benzene ring substituents is 1. The van der Waals surface area contributed by atoms with E-state index in [1.54, 1.807) is 0 Å². The van der Waals surface area contributed by atoms with Crippen LogP contribution in [0.25, 0.3) is 0 Å². The maximum absolute atomic E-state index is 11.5. The van der Waals surface area contributed by atoms with Gasteiger partial charge in [0.25, 0.3) is 5.69 Å². The Labute approximate surface area is 123 Å². The van der Waals surface area contributed by atoms with Gasteiger partial charge in [0.15, 0.2) is 0 Å². The summed E-state index contributed by atoms with van der Waals surface area (Å²) in [5, 5.41) is 28.5. The van der Waals surface area contributed by atoms with Crippen molar-refractivity contribution >= 4 is 21.4 Å². The number of primary sulfonamides is 1. The number of hydrogen-bond acceptors (Lipinski definition) is 6. The molecule has 0 saturated carbocycles. The Balaban J connectivity index is 3.11. The SMILES string of the molecule is CC(C)(C)[C@@H](O)CNc1ccc([N+](=O)[O-])cc1S(N)(=O)=O. The Morgan fingerprint density at radius 1 is 1.43 bits per heavy atom. The molecule has 21 heavy (non-hydrogen) atoms. The monoisotopic (exact) mass is 317 g/mol. The van der Waals surface area contributed by atoms with E-state index in [-0.39, 0.29) is 22.8 Å². The lowest BCUT2D eigenvalue weighted by Gasteiger charge is -2.26. The average Bonchev–Trinajstić information content (AvgIpc) is 2.33. The molecule has 0 fully saturated rings. The number of anilines is 1. The van der Waals surface area contributed by atoms with Gasteiger partial charge in [-0.25, -0.2) is 13.6 Å². The number of benzene rings is 1. The number of hydrogen-bond donors (Lipinski definition) is 3. The molecule has 0 spiro atoms. The van der Waals surface area contributed by atoms with Gasteiger partial charge < -0.3 is 10.4 Å². The fourth-order valence-corrected chi connectivity index (χ4v) is 2.25. The molecular weight excluding hydrogens is 298 g/mol. The smallest absolute Gasteiger partial charge is 0.270 e. The van der Waals surface area contributed by atoms with E-state index in [0.717, 1.165) is 6.07 Å². The molecule has 0 aromatic heterocycles. The zero-order valence-electron chi connectivity index (χ0n) is 12.0. The fraction of sp³-hybridized carbons (Fsp3) is 0.500. The Hall–Kier alpha value is -1.71. The lowest BCUT2D eigenvalue weighted by atomic mass is 9.89. The van der Waals surface area contributed by atoms with E-state index in [9.17, 15) is 23.6 Å². The summed E-state index contributed by atoms with van der Waals surface area (Å²) in [7, 11) is -4.12. The molecule has 118 valence electrons. The summed E-state index contributed by atoms with van der Waals surface area (Å²) in [5.41, 5.74) is -0.650. The molecule has 0 radical (unpaired) electrons. The van der Waals surface area contributed by atoms with Crippen LogP contribution >= 0.6 is 0 Å². The van der Waals surface area contributed by atoms with Crippen molar-refractivity contribution in [2.45, 2.75) is 31.8 Å². The lowest BCUT2D eigenvalue weighted by Crippen LogP contribution is -2.33. The van der Waals surface area contributed by atoms with Crippen LogP contribution in [0, 0.1) is 15.5 Å². The third-order valence-electron chi connectivity index (χ3n) is 2.97. The molecule has 0 aliphatic rings. The third kappa shape index (κ3) is 4.66. The predicted molar refractivity (Wildman–Crippen MR) is 78.4 cm³/mol. The molecule has 0 bridgehead atoms. The van der Waals surface area contributed by atoms with Crippen molar-refractivity contribution in [2.75, 3.05) is 11.9 Å². The highest BCUT2D eigenvalue weighted by molar-refractivity contribution is 7.89. The molecule has 4 N–H and O–H groups in total. The summed E-state index contributed by atoms with van der Waals surface area (Å²) in [6.45, 7) is 5.57. The van der Waals surface area contributed by atoms with Crippen LogP contribution in [0.2, 0.25) is 0 Å². The zero-order chi connectivity index (χ0) is 16.4. The third-order valence-corrected chi connectivity index (χ3v) is 3.92. The fourth-order valence-electron chi connectivity index (χ4n) is 1.52. The van der Waals surface area contributed by atoms with Crippen LogP contribution in [-0.4, -0.2) is 31.1 Å². The first-order valence-corrected chi connectivity index (χ1v) is 7.70. The molecule has 1 rings (SSSR count). The molecule has 0 aliphatic carbocycles. The first kappa shape index (κ1) is 17.3. The summed E-state index contributed by atoms with van der Waals surface area (Å²) in [6.07, 6.45) is -0.735. The van der Waals surface area contributed by atoms with Crippen LogP contribution < -0.4 is 10.5 Å². The maximum atomic E-state index is 11.5. The summed E-state index contributed by atoms with van der Waals surface area (Å²) in [5.74, 6) is 0. The Morgan fingerprint density at radius 2 is 2.00 bits per heavy atom. The molecule has 0 heterocycles. The highest BCUT2D eigenvalue weighted by Crippen LogP contribution is 2.26. The molecule has 8 nitrogen and oxygen atoms in total. The van der Waals surface area contributed by atoms with Crippen molar-refractivity contribution in [2.24, 2.45) is 10.6 Å². The maximum Gasteiger partial charge on any atom is 0.270 e. The minimum absolute atomic E-state index is 0.0871. The number of sulfonamides is 1. The van der Waals surface area contributed by atoms with Gasteiger partial charge in [-0.1, -0.05) is 20.8 Å². The number of nitrogens with zero attached hydrogens (tertiary/aromatic N) is 1. The second kappa shape index (κ2) is 5.96. The van der Waals surface area contributed by atoms with Gasteiger partial charge in [0, 0.05) is 18.7 Å². The minimum atomic E-state index is -4.12. The van der Waals surface area contributed by atoms with Crippen LogP contribution in [0.5, 0.6) is 0 Å². The van der Waals surface area contributed by atoms with E-state index in [0.29, 0.717) is 0 Å². The molecule has 0 unspecified atom stereocenters. The number of nitrogens with two attached hydrogens (primary N) is 1. The van der Waals surface area contributed by atoms with Crippen LogP contribution in [0.1, 0.15) is 20.8 Å². The number of nitrogens with one attached hydrogen (secondary N) is 1. The van der Waals surface area contributed by atoms with E-state index in [2.05, 4.69) is 5.32 Å². The largest absolute Gasteiger partial charge is 0.391 e. The van der Waals surface area contributed by atoms with Gasteiger partial charge in [-0.3, -0.25) is 10.1 Å². The number of rotatable bonds is 5. The van der Waals surface area contributed by atoms with Crippen LogP contribution in [0.15, 0.2) is 23.1 Å². The predicted octanol–water partition coefficient (Wildman–Crippen LogP) is 1.06. The molecule has 9 heteroatoms. The van der Waals surface area contributed by atoms with E-state index in [1.165, 1.54) is 12.1 Å². The standard InChI is InChI=1S/C12H19N3O5S/c1-12(2,3)11(16)7-14-9-5-4-8(15(17)18)6-10(9)21(13,19)20/h4-6,11,14,16H,7H2,1-3H3,(H2,13,19,20)/t11-/m0/s1. The van der Waals surface area contributed by atoms with Gasteiger partial charge in [-0.15, -0.1) is 0 Å². The quantitative estimate of drug-likeness (QED) is 0.549. The summed E-state index contributed by atoms with van der Waals surface area (Å²) in [6, 6.07) is 3.31. The van der Waals surface area contributed by atoms with E-state index in [1.807, 2.05) is 20.8 Å². The van der Waals surface area contributed by atoms with Gasteiger partial charge in [-0.05, 0) is 11.5 Å². The van der Waals surface area contributed by atoms with Crippen LogP contribution in [0.3, 0.4) is 0 Å². The van der Waals surface area contributed by atoms with Crippen LogP contribution in [-0.2, 0) is 10.0 Å². The van der Waals surface area contributed by atoms with Gasteiger partial charge in [0.2, 0.25) is 10.0 Å². The van der Waals surface area contributed by atoms with Gasteiger partial charge in [0.05, 0.1) is 16.7 Å². The second-order valence-electron chi connectivity index (χ2n) is 5.75. The Kier molecular flexibility index (Phi) is 4.92. The van der Waals surface area contributed by atoms with Gasteiger partial charge in [0.1, 0.15) is 4.90 Å². The zero-order valence-corrected chi connectivity index (χ0v) is 12.8. The Morgan fingerprint density at radius 3 is 2.43 bits per heavy atom. The molecule has 0 aliphatic heterocycles. The summed E-state index contributed by atoms with van der Waals surface area (Å²) < 4.78 is 23.0. The van der Waals surface area contributed by atoms with Crippen LogP contribution in [0.4, 0.5) is 11.4 Å². The van der Waals surface area contributed by atoms with Crippen molar-refractivity contribution < 1.29 is 18.4 Å². The highest BCUT2D eigenvalue weighted by atomic mass is 32.2. The lowest BCUT2D eigenvalue weighted by molar-refractivity contribution is -0.385. The van der Waals surface area contributed by atoms with Crippen molar-refractivity contribution in [1.82, 2.24) is 0 Å². The summed E-state index contributed by atoms with van der Waals surface area (Å²) in [4.78, 5) is 9.62. The van der Waals surface area contributed by atoms with E-state index in [4.69, 9.17) is 5.14 Å². The van der Waals surface area contributed by atoms with Crippen molar-refractivity contribution in [1.29, 1.82) is 0 Å². The molecule has 1 atom stereocenters. The normalized spacial score (nSPS) is 13.8. The van der Waals surface area contributed by atoms with Crippen molar-refractivity contribution in [3.8, 4) is 0 Å². The highest BCUT2D eigenvalue weighted by Gasteiger charge is 2.24. The first-order valence-electron chi connectivity index (χ1n) is 6.16. The number of nitro benzene ring substituents is 1. The minimum Gasteiger partial charge on any atom is -0.391 e. The molecule has 1 aromatic rings. The molecule has 0 amide bonds. The average molecular weight is 317 g/mol. The topological polar surface area (TPSA) is 136 Å². The first-order chi connectivity index (χ1) is 9.43. The number of aliphatic hydroxyl groups excluding tert-OH is 1. The van der Waals surface area contributed by atoms with Gasteiger partial charge in [-0.2, -0.15) is 0 Å². The van der Waals surface area contributed by atoms with Gasteiger partial charge >= 0.3 is 0 Å². The Bertz CT molecular complexity index is 637. The number of nitro groups is 1. The van der Waals surface area contributed by atoms with E-state index >= 15 is 0 Å². The molecular formula is C12H19N3O5S. The summed E-state index contributed by atoms with van der Waals surface area (Å²) >= 11 is 0. The van der Waals surface area contributed by atoms with E-state index < -0.39 is 26.5 Å². The van der Waals surface area contributed by atoms with Crippen molar-refractivity contribution in [3.63, 3.8) is 0 Å². The molecule has 1 aromatic carbocycles.